The molecule has 0 bridgehead atoms. The van der Waals surface area contributed by atoms with Gasteiger partial charge in [-0.05, 0) is 24.5 Å². The maximum atomic E-state index is 11.6. The molecular weight excluding hydrogens is 200 g/mol. The number of carbonyl (C=O) groups excluding carboxylic acids is 1. The first kappa shape index (κ1) is 12.7. The van der Waals surface area contributed by atoms with Crippen LogP contribution in [0, 0.1) is 5.92 Å². The van der Waals surface area contributed by atoms with Gasteiger partial charge in [-0.25, -0.2) is 0 Å². The van der Waals surface area contributed by atoms with Crippen molar-refractivity contribution in [3.8, 4) is 0 Å². The fourth-order valence-electron chi connectivity index (χ4n) is 1.48. The molecule has 1 N–H and O–H groups in total. The van der Waals surface area contributed by atoms with Crippen LogP contribution in [0.4, 0.5) is 0 Å². The van der Waals surface area contributed by atoms with Crippen LogP contribution in [-0.4, -0.2) is 17.4 Å². The normalized spacial score (nSPS) is 10.4. The van der Waals surface area contributed by atoms with Crippen molar-refractivity contribution in [1.29, 1.82) is 0 Å². The highest BCUT2D eigenvalue weighted by Crippen LogP contribution is 2.05. The average Bonchev–Trinajstić information content (AvgIpc) is 2.29. The molecule has 1 rings (SSSR count). The molecule has 0 aromatic carbocycles. The van der Waals surface area contributed by atoms with Gasteiger partial charge in [0.05, 0.1) is 0 Å². The topological polar surface area (TPSA) is 42.0 Å². The summed E-state index contributed by atoms with van der Waals surface area (Å²) in [5.41, 5.74) is 0.679. The van der Waals surface area contributed by atoms with Crippen molar-refractivity contribution < 1.29 is 4.79 Å². The molecule has 0 saturated heterocycles. The molecule has 1 aromatic rings. The average molecular weight is 220 g/mol. The highest BCUT2D eigenvalue weighted by Gasteiger charge is 2.03. The van der Waals surface area contributed by atoms with E-state index in [1.165, 1.54) is 12.8 Å². The van der Waals surface area contributed by atoms with E-state index in [9.17, 15) is 4.79 Å². The number of hydrogen-bond acceptors (Lipinski definition) is 2. The largest absolute Gasteiger partial charge is 0.352 e. The molecule has 0 spiro atoms. The van der Waals surface area contributed by atoms with Crippen molar-refractivity contribution in [2.45, 2.75) is 33.1 Å². The first-order chi connectivity index (χ1) is 7.70. The van der Waals surface area contributed by atoms with Gasteiger partial charge in [0, 0.05) is 24.5 Å². The molecule has 0 saturated carbocycles. The lowest BCUT2D eigenvalue weighted by Crippen LogP contribution is -2.24. The molecule has 1 amide bonds. The Labute approximate surface area is 97.3 Å². The van der Waals surface area contributed by atoms with Gasteiger partial charge in [0.2, 0.25) is 0 Å². The highest BCUT2D eigenvalue weighted by atomic mass is 16.1. The third-order valence-electron chi connectivity index (χ3n) is 2.44. The third kappa shape index (κ3) is 4.91. The number of nitrogens with one attached hydrogen (secondary N) is 1. The lowest BCUT2D eigenvalue weighted by atomic mass is 10.1. The van der Waals surface area contributed by atoms with Crippen LogP contribution in [0.15, 0.2) is 24.5 Å². The van der Waals surface area contributed by atoms with E-state index in [0.717, 1.165) is 18.9 Å². The molecule has 0 aliphatic heterocycles. The standard InChI is InChI=1S/C13H20N2O/c1-11(2)5-3-4-8-15-13(16)12-6-9-14-10-7-12/h6-7,9-11H,3-5,8H2,1-2H3,(H,15,16). The summed E-state index contributed by atoms with van der Waals surface area (Å²) in [5, 5.41) is 2.91. The SMILES string of the molecule is CC(C)CCCCNC(=O)c1ccncc1. The van der Waals surface area contributed by atoms with Gasteiger partial charge in [-0.3, -0.25) is 9.78 Å². The number of rotatable bonds is 6. The lowest BCUT2D eigenvalue weighted by Gasteiger charge is -2.06. The minimum absolute atomic E-state index is 0.00746. The molecular formula is C13H20N2O. The van der Waals surface area contributed by atoms with Crippen molar-refractivity contribution in [2.75, 3.05) is 6.54 Å². The Morgan fingerprint density at radius 2 is 2.00 bits per heavy atom. The van der Waals surface area contributed by atoms with Gasteiger partial charge < -0.3 is 5.32 Å². The van der Waals surface area contributed by atoms with E-state index in [4.69, 9.17) is 0 Å². The van der Waals surface area contributed by atoms with E-state index in [1.54, 1.807) is 24.5 Å². The molecule has 88 valence electrons. The molecule has 1 aromatic heterocycles. The second-order valence-corrected chi connectivity index (χ2v) is 4.38. The van der Waals surface area contributed by atoms with Crippen molar-refractivity contribution >= 4 is 5.91 Å². The van der Waals surface area contributed by atoms with Gasteiger partial charge in [0.15, 0.2) is 0 Å². The van der Waals surface area contributed by atoms with Crippen LogP contribution in [0.25, 0.3) is 0 Å². The molecule has 16 heavy (non-hydrogen) atoms. The van der Waals surface area contributed by atoms with E-state index < -0.39 is 0 Å². The molecule has 0 aliphatic carbocycles. The monoisotopic (exact) mass is 220 g/mol. The highest BCUT2D eigenvalue weighted by molar-refractivity contribution is 5.93. The van der Waals surface area contributed by atoms with Crippen molar-refractivity contribution in [2.24, 2.45) is 5.92 Å². The summed E-state index contributed by atoms with van der Waals surface area (Å²) in [6, 6.07) is 3.45. The number of amides is 1. The van der Waals surface area contributed by atoms with E-state index in [-0.39, 0.29) is 5.91 Å². The van der Waals surface area contributed by atoms with Gasteiger partial charge >= 0.3 is 0 Å². The molecule has 0 radical (unpaired) electrons. The van der Waals surface area contributed by atoms with Crippen LogP contribution in [0.5, 0.6) is 0 Å². The molecule has 1 heterocycles. The smallest absolute Gasteiger partial charge is 0.251 e. The number of nitrogens with zero attached hydrogens (tertiary/aromatic N) is 1. The van der Waals surface area contributed by atoms with Crippen LogP contribution < -0.4 is 5.32 Å². The summed E-state index contributed by atoms with van der Waals surface area (Å²) in [7, 11) is 0. The zero-order chi connectivity index (χ0) is 11.8. The van der Waals surface area contributed by atoms with Crippen LogP contribution in [0.2, 0.25) is 0 Å². The Balaban J connectivity index is 2.16. The Hall–Kier alpha value is -1.38. The fourth-order valence-corrected chi connectivity index (χ4v) is 1.48. The maximum Gasteiger partial charge on any atom is 0.251 e. The van der Waals surface area contributed by atoms with Gasteiger partial charge in [0.1, 0.15) is 0 Å². The molecule has 3 nitrogen and oxygen atoms in total. The van der Waals surface area contributed by atoms with E-state index in [2.05, 4.69) is 24.1 Å². The third-order valence-corrected chi connectivity index (χ3v) is 2.44. The number of unbranched alkanes of at least 4 members (excludes halogenated alkanes) is 1. The summed E-state index contributed by atoms with van der Waals surface area (Å²) in [5.74, 6) is 0.739. The first-order valence-electron chi connectivity index (χ1n) is 5.88. The Kier molecular flexibility index (Phi) is 5.54. The van der Waals surface area contributed by atoms with Crippen LogP contribution in [0.1, 0.15) is 43.5 Å². The van der Waals surface area contributed by atoms with Gasteiger partial charge in [-0.1, -0.05) is 26.7 Å². The first-order valence-corrected chi connectivity index (χ1v) is 5.88. The summed E-state index contributed by atoms with van der Waals surface area (Å²) >= 11 is 0. The minimum Gasteiger partial charge on any atom is -0.352 e. The molecule has 0 atom stereocenters. The number of hydrogen-bond donors (Lipinski definition) is 1. The molecule has 0 unspecified atom stereocenters. The molecule has 0 fully saturated rings. The zero-order valence-electron chi connectivity index (χ0n) is 10.1. The summed E-state index contributed by atoms with van der Waals surface area (Å²) in [6.07, 6.45) is 6.72. The van der Waals surface area contributed by atoms with E-state index in [0.29, 0.717) is 5.56 Å². The van der Waals surface area contributed by atoms with Crippen molar-refractivity contribution in [3.05, 3.63) is 30.1 Å². The number of pyridine rings is 1. The summed E-state index contributed by atoms with van der Waals surface area (Å²) < 4.78 is 0. The number of carbonyl (C=O) groups is 1. The second kappa shape index (κ2) is 6.99. The van der Waals surface area contributed by atoms with Gasteiger partial charge in [0.25, 0.3) is 5.91 Å². The maximum absolute atomic E-state index is 11.6. The van der Waals surface area contributed by atoms with Gasteiger partial charge in [-0.15, -0.1) is 0 Å². The predicted octanol–water partition coefficient (Wildman–Crippen LogP) is 2.64. The molecule has 0 aliphatic rings. The van der Waals surface area contributed by atoms with Crippen LogP contribution >= 0.6 is 0 Å². The predicted molar refractivity (Wildman–Crippen MR) is 65.3 cm³/mol. The summed E-state index contributed by atoms with van der Waals surface area (Å²) in [4.78, 5) is 15.5. The van der Waals surface area contributed by atoms with E-state index in [1.807, 2.05) is 0 Å². The quantitative estimate of drug-likeness (QED) is 0.749. The van der Waals surface area contributed by atoms with Gasteiger partial charge in [-0.2, -0.15) is 0 Å². The molecule has 3 heteroatoms. The lowest BCUT2D eigenvalue weighted by molar-refractivity contribution is 0.0953. The number of aromatic nitrogens is 1. The minimum atomic E-state index is -0.00746. The van der Waals surface area contributed by atoms with Crippen molar-refractivity contribution in [1.82, 2.24) is 10.3 Å². The van der Waals surface area contributed by atoms with E-state index >= 15 is 0 Å². The summed E-state index contributed by atoms with van der Waals surface area (Å²) in [6.45, 7) is 5.19. The fraction of sp³-hybridized carbons (Fsp3) is 0.538. The Morgan fingerprint density at radius 3 is 2.62 bits per heavy atom. The Bertz CT molecular complexity index is 309. The second-order valence-electron chi connectivity index (χ2n) is 4.38. The van der Waals surface area contributed by atoms with Crippen LogP contribution in [-0.2, 0) is 0 Å². The van der Waals surface area contributed by atoms with Crippen molar-refractivity contribution in [3.63, 3.8) is 0 Å². The Morgan fingerprint density at radius 1 is 1.31 bits per heavy atom. The van der Waals surface area contributed by atoms with Crippen LogP contribution in [0.3, 0.4) is 0 Å². The zero-order valence-corrected chi connectivity index (χ0v) is 10.1.